The van der Waals surface area contributed by atoms with Gasteiger partial charge < -0.3 is 14.8 Å². The molecule has 31 heavy (non-hydrogen) atoms. The number of aromatic nitrogens is 4. The van der Waals surface area contributed by atoms with Crippen molar-refractivity contribution in [2.24, 2.45) is 0 Å². The first-order valence-corrected chi connectivity index (χ1v) is 9.76. The molecular weight excluding hydrogens is 401 g/mol. The van der Waals surface area contributed by atoms with Gasteiger partial charge in [-0.15, -0.1) is 15.3 Å². The monoisotopic (exact) mass is 421 g/mol. The summed E-state index contributed by atoms with van der Waals surface area (Å²) in [6.07, 6.45) is 0. The SMILES string of the molecule is CCOc1ccc(C(=O)NCCOc2ccc3nnc(-c4ccc(F)cc4)n3n2)cc1. The Morgan fingerprint density at radius 2 is 1.77 bits per heavy atom. The third-order valence-corrected chi connectivity index (χ3v) is 4.41. The van der Waals surface area contributed by atoms with Crippen LogP contribution in [0.1, 0.15) is 17.3 Å². The minimum Gasteiger partial charge on any atom is -0.494 e. The Bertz CT molecular complexity index is 1180. The van der Waals surface area contributed by atoms with Crippen LogP contribution in [0.2, 0.25) is 0 Å². The Kier molecular flexibility index (Phi) is 6.02. The number of benzene rings is 2. The summed E-state index contributed by atoms with van der Waals surface area (Å²) in [5.41, 5.74) is 1.76. The molecule has 2 aromatic heterocycles. The lowest BCUT2D eigenvalue weighted by Gasteiger charge is -2.08. The van der Waals surface area contributed by atoms with Crippen LogP contribution in [0.4, 0.5) is 4.39 Å². The molecule has 4 aromatic rings. The molecule has 0 aliphatic heterocycles. The van der Waals surface area contributed by atoms with Crippen LogP contribution >= 0.6 is 0 Å². The van der Waals surface area contributed by atoms with Crippen molar-refractivity contribution in [2.45, 2.75) is 6.92 Å². The fraction of sp³-hybridized carbons (Fsp3) is 0.182. The Labute approximate surface area is 177 Å². The maximum Gasteiger partial charge on any atom is 0.251 e. The van der Waals surface area contributed by atoms with Crippen LogP contribution in [0, 0.1) is 5.82 Å². The molecule has 0 saturated heterocycles. The number of fused-ring (bicyclic) bond motifs is 1. The van der Waals surface area contributed by atoms with Gasteiger partial charge >= 0.3 is 0 Å². The van der Waals surface area contributed by atoms with Crippen molar-refractivity contribution in [2.75, 3.05) is 19.8 Å². The molecular formula is C22H20FN5O3. The normalized spacial score (nSPS) is 10.8. The summed E-state index contributed by atoms with van der Waals surface area (Å²) in [6.45, 7) is 3.01. The second kappa shape index (κ2) is 9.21. The van der Waals surface area contributed by atoms with Crippen LogP contribution < -0.4 is 14.8 Å². The number of halogens is 1. The molecule has 1 N–H and O–H groups in total. The van der Waals surface area contributed by atoms with Gasteiger partial charge in [-0.1, -0.05) is 0 Å². The van der Waals surface area contributed by atoms with Gasteiger partial charge in [0.2, 0.25) is 5.88 Å². The molecule has 0 aliphatic carbocycles. The highest BCUT2D eigenvalue weighted by Gasteiger charge is 2.11. The highest BCUT2D eigenvalue weighted by molar-refractivity contribution is 5.94. The Morgan fingerprint density at radius 3 is 2.52 bits per heavy atom. The van der Waals surface area contributed by atoms with Crippen molar-refractivity contribution in [1.82, 2.24) is 25.1 Å². The van der Waals surface area contributed by atoms with E-state index in [9.17, 15) is 9.18 Å². The Morgan fingerprint density at radius 1 is 1.00 bits per heavy atom. The zero-order chi connectivity index (χ0) is 21.6. The maximum absolute atomic E-state index is 13.2. The number of ether oxygens (including phenoxy) is 2. The molecule has 4 rings (SSSR count). The minimum absolute atomic E-state index is 0.201. The summed E-state index contributed by atoms with van der Waals surface area (Å²) in [5, 5.41) is 15.4. The topological polar surface area (TPSA) is 90.6 Å². The lowest BCUT2D eigenvalue weighted by molar-refractivity contribution is 0.0946. The van der Waals surface area contributed by atoms with Crippen molar-refractivity contribution in [3.8, 4) is 23.0 Å². The number of hydrogen-bond donors (Lipinski definition) is 1. The van der Waals surface area contributed by atoms with Crippen molar-refractivity contribution >= 4 is 11.6 Å². The van der Waals surface area contributed by atoms with E-state index in [4.69, 9.17) is 9.47 Å². The molecule has 0 bridgehead atoms. The van der Waals surface area contributed by atoms with E-state index in [1.54, 1.807) is 48.5 Å². The van der Waals surface area contributed by atoms with E-state index in [1.165, 1.54) is 16.6 Å². The van der Waals surface area contributed by atoms with Crippen LogP contribution in [-0.2, 0) is 0 Å². The van der Waals surface area contributed by atoms with Gasteiger partial charge in [-0.05, 0) is 61.5 Å². The first-order valence-electron chi connectivity index (χ1n) is 9.76. The molecule has 0 radical (unpaired) electrons. The van der Waals surface area contributed by atoms with Crippen LogP contribution in [-0.4, -0.2) is 45.5 Å². The highest BCUT2D eigenvalue weighted by Crippen LogP contribution is 2.19. The van der Waals surface area contributed by atoms with Gasteiger partial charge in [0.05, 0.1) is 13.2 Å². The minimum atomic E-state index is -0.332. The summed E-state index contributed by atoms with van der Waals surface area (Å²) in [7, 11) is 0. The zero-order valence-electron chi connectivity index (χ0n) is 16.8. The van der Waals surface area contributed by atoms with Crippen molar-refractivity contribution in [1.29, 1.82) is 0 Å². The predicted molar refractivity (Wildman–Crippen MR) is 112 cm³/mol. The summed E-state index contributed by atoms with van der Waals surface area (Å²) < 4.78 is 25.7. The van der Waals surface area contributed by atoms with Crippen LogP contribution in [0.15, 0.2) is 60.7 Å². The molecule has 0 saturated carbocycles. The standard InChI is InChI=1S/C22H20FN5O3/c1-2-30-18-9-5-16(6-10-18)22(29)24-13-14-31-20-12-11-19-25-26-21(28(19)27-20)15-3-7-17(23)8-4-15/h3-12H,2,13-14H2,1H3,(H,24,29). The van der Waals surface area contributed by atoms with Gasteiger partial charge in [-0.3, -0.25) is 4.79 Å². The van der Waals surface area contributed by atoms with Crippen LogP contribution in [0.5, 0.6) is 11.6 Å². The van der Waals surface area contributed by atoms with Gasteiger partial charge in [-0.25, -0.2) is 4.39 Å². The zero-order valence-corrected chi connectivity index (χ0v) is 16.8. The molecule has 0 spiro atoms. The molecule has 2 aromatic carbocycles. The molecule has 0 atom stereocenters. The number of rotatable bonds is 8. The predicted octanol–water partition coefficient (Wildman–Crippen LogP) is 3.14. The average Bonchev–Trinajstić information content (AvgIpc) is 3.21. The van der Waals surface area contributed by atoms with Gasteiger partial charge in [0.25, 0.3) is 5.91 Å². The van der Waals surface area contributed by atoms with E-state index < -0.39 is 0 Å². The van der Waals surface area contributed by atoms with E-state index in [0.29, 0.717) is 41.6 Å². The van der Waals surface area contributed by atoms with Crippen molar-refractivity contribution in [3.63, 3.8) is 0 Å². The third-order valence-electron chi connectivity index (χ3n) is 4.41. The van der Waals surface area contributed by atoms with Gasteiger partial charge in [0.1, 0.15) is 18.2 Å². The van der Waals surface area contributed by atoms with E-state index >= 15 is 0 Å². The second-order valence-electron chi connectivity index (χ2n) is 6.53. The van der Waals surface area contributed by atoms with E-state index in [-0.39, 0.29) is 18.3 Å². The molecule has 9 heteroatoms. The fourth-order valence-corrected chi connectivity index (χ4v) is 2.92. The Hall–Kier alpha value is -4.01. The number of amides is 1. The van der Waals surface area contributed by atoms with E-state index in [1.807, 2.05) is 6.92 Å². The van der Waals surface area contributed by atoms with Crippen molar-refractivity contribution < 1.29 is 18.7 Å². The second-order valence-corrected chi connectivity index (χ2v) is 6.53. The number of nitrogens with one attached hydrogen (secondary N) is 1. The van der Waals surface area contributed by atoms with E-state index in [2.05, 4.69) is 20.6 Å². The number of carbonyl (C=O) groups excluding carboxylic acids is 1. The molecule has 158 valence electrons. The lowest BCUT2D eigenvalue weighted by atomic mass is 10.2. The number of hydrogen-bond acceptors (Lipinski definition) is 6. The maximum atomic E-state index is 13.2. The smallest absolute Gasteiger partial charge is 0.251 e. The molecule has 8 nitrogen and oxygen atoms in total. The van der Waals surface area contributed by atoms with Gasteiger partial charge in [0, 0.05) is 17.2 Å². The first kappa shape index (κ1) is 20.3. The molecule has 0 fully saturated rings. The number of nitrogens with zero attached hydrogens (tertiary/aromatic N) is 4. The van der Waals surface area contributed by atoms with Gasteiger partial charge in [-0.2, -0.15) is 4.52 Å². The lowest BCUT2D eigenvalue weighted by Crippen LogP contribution is -2.28. The fourth-order valence-electron chi connectivity index (χ4n) is 2.92. The molecule has 2 heterocycles. The Balaban J connectivity index is 1.35. The summed E-state index contributed by atoms with van der Waals surface area (Å²) in [4.78, 5) is 12.2. The number of carbonyl (C=O) groups is 1. The van der Waals surface area contributed by atoms with Crippen LogP contribution in [0.3, 0.4) is 0 Å². The van der Waals surface area contributed by atoms with Crippen molar-refractivity contribution in [3.05, 3.63) is 72.0 Å². The van der Waals surface area contributed by atoms with Crippen LogP contribution in [0.25, 0.3) is 17.0 Å². The largest absolute Gasteiger partial charge is 0.494 e. The molecule has 0 unspecified atom stereocenters. The third kappa shape index (κ3) is 4.77. The van der Waals surface area contributed by atoms with E-state index in [0.717, 1.165) is 5.75 Å². The first-order chi connectivity index (χ1) is 15.1. The average molecular weight is 421 g/mol. The summed E-state index contributed by atoms with van der Waals surface area (Å²) in [6, 6.07) is 16.2. The highest BCUT2D eigenvalue weighted by atomic mass is 19.1. The quantitative estimate of drug-likeness (QED) is 0.440. The summed E-state index contributed by atoms with van der Waals surface area (Å²) >= 11 is 0. The van der Waals surface area contributed by atoms with Gasteiger partial charge in [0.15, 0.2) is 11.5 Å². The summed E-state index contributed by atoms with van der Waals surface area (Å²) in [5.74, 6) is 1.02. The molecule has 0 aliphatic rings. The molecule has 1 amide bonds.